The highest BCUT2D eigenvalue weighted by molar-refractivity contribution is 5.96. The van der Waals surface area contributed by atoms with Crippen LogP contribution >= 0.6 is 0 Å². The Morgan fingerprint density at radius 3 is 2.44 bits per heavy atom. The van der Waals surface area contributed by atoms with Gasteiger partial charge in [-0.15, -0.1) is 0 Å². The minimum Gasteiger partial charge on any atom is -0.360 e. The van der Waals surface area contributed by atoms with Crippen LogP contribution in [0.1, 0.15) is 33.5 Å². The number of hydrogen-bond acceptors (Lipinski definition) is 4. The number of rotatable bonds is 3. The lowest BCUT2D eigenvalue weighted by Gasteiger charge is -2.21. The van der Waals surface area contributed by atoms with E-state index in [1.54, 1.807) is 40.7 Å². The third-order valence-electron chi connectivity index (χ3n) is 2.30. The van der Waals surface area contributed by atoms with Crippen molar-refractivity contribution in [1.29, 1.82) is 0 Å². The zero-order valence-electron chi connectivity index (χ0n) is 11.3. The molecule has 0 saturated heterocycles. The molecule has 1 aromatic rings. The van der Waals surface area contributed by atoms with Gasteiger partial charge in [0.1, 0.15) is 11.8 Å². The van der Waals surface area contributed by atoms with Crippen LogP contribution in [0.5, 0.6) is 0 Å². The molecule has 0 aromatic carbocycles. The summed E-state index contributed by atoms with van der Waals surface area (Å²) in [4.78, 5) is 23.5. The van der Waals surface area contributed by atoms with Crippen LogP contribution in [0.4, 0.5) is 5.82 Å². The Bertz CT molecular complexity index is 446. The Morgan fingerprint density at radius 2 is 2.00 bits per heavy atom. The zero-order valence-corrected chi connectivity index (χ0v) is 11.3. The van der Waals surface area contributed by atoms with Crippen molar-refractivity contribution >= 4 is 17.6 Å². The molecule has 0 fully saturated rings. The van der Waals surface area contributed by atoms with Crippen molar-refractivity contribution in [3.63, 3.8) is 0 Å². The van der Waals surface area contributed by atoms with E-state index >= 15 is 0 Å². The summed E-state index contributed by atoms with van der Waals surface area (Å²) in [5, 5.41) is 8.84. The fourth-order valence-corrected chi connectivity index (χ4v) is 1.14. The first-order chi connectivity index (χ1) is 8.20. The predicted octanol–water partition coefficient (Wildman–Crippen LogP) is 1.47. The summed E-state index contributed by atoms with van der Waals surface area (Å²) >= 11 is 0. The molecule has 0 spiro atoms. The van der Waals surface area contributed by atoms with E-state index in [9.17, 15) is 9.59 Å². The highest BCUT2D eigenvalue weighted by Gasteiger charge is 2.25. The molecule has 6 nitrogen and oxygen atoms in total. The van der Waals surface area contributed by atoms with Crippen molar-refractivity contribution < 1.29 is 14.1 Å². The van der Waals surface area contributed by atoms with Gasteiger partial charge in [0.25, 0.3) is 0 Å². The summed E-state index contributed by atoms with van der Waals surface area (Å²) < 4.78 is 4.83. The lowest BCUT2D eigenvalue weighted by atomic mass is 9.95. The summed E-state index contributed by atoms with van der Waals surface area (Å²) in [6.07, 6.45) is 0. The van der Waals surface area contributed by atoms with Gasteiger partial charge in [0.15, 0.2) is 5.82 Å². The molecule has 2 N–H and O–H groups in total. The SMILES string of the molecule is Cc1cc(NC(=O)[C@H](C)NC(=O)C(C)(C)C)no1. The molecule has 1 heterocycles. The second-order valence-corrected chi connectivity index (χ2v) is 5.26. The fraction of sp³-hybridized carbons (Fsp3) is 0.583. The minimum atomic E-state index is -0.631. The molecule has 100 valence electrons. The quantitative estimate of drug-likeness (QED) is 0.854. The van der Waals surface area contributed by atoms with E-state index in [4.69, 9.17) is 4.52 Å². The molecule has 0 aliphatic rings. The second-order valence-electron chi connectivity index (χ2n) is 5.26. The molecule has 0 bridgehead atoms. The topological polar surface area (TPSA) is 84.2 Å². The maximum atomic E-state index is 11.8. The third-order valence-corrected chi connectivity index (χ3v) is 2.30. The first-order valence-electron chi connectivity index (χ1n) is 5.75. The molecule has 0 saturated carbocycles. The number of anilines is 1. The maximum absolute atomic E-state index is 11.8. The van der Waals surface area contributed by atoms with Gasteiger partial charge < -0.3 is 15.2 Å². The van der Waals surface area contributed by atoms with Gasteiger partial charge >= 0.3 is 0 Å². The number of carbonyl (C=O) groups excluding carboxylic acids is 2. The largest absolute Gasteiger partial charge is 0.360 e. The lowest BCUT2D eigenvalue weighted by Crippen LogP contribution is -2.46. The van der Waals surface area contributed by atoms with E-state index in [0.29, 0.717) is 11.6 Å². The van der Waals surface area contributed by atoms with Gasteiger partial charge in [0, 0.05) is 11.5 Å². The van der Waals surface area contributed by atoms with E-state index < -0.39 is 11.5 Å². The number of carbonyl (C=O) groups is 2. The third kappa shape index (κ3) is 3.87. The molecule has 0 radical (unpaired) electrons. The van der Waals surface area contributed by atoms with E-state index in [1.807, 2.05) is 0 Å². The number of aromatic nitrogens is 1. The molecule has 2 amide bonds. The second kappa shape index (κ2) is 5.20. The number of nitrogens with one attached hydrogen (secondary N) is 2. The zero-order chi connectivity index (χ0) is 13.9. The number of nitrogens with zero attached hydrogens (tertiary/aromatic N) is 1. The molecule has 0 aliphatic carbocycles. The van der Waals surface area contributed by atoms with Crippen molar-refractivity contribution in [1.82, 2.24) is 10.5 Å². The van der Waals surface area contributed by atoms with Crippen molar-refractivity contribution in [2.24, 2.45) is 5.41 Å². The first-order valence-corrected chi connectivity index (χ1v) is 5.75. The summed E-state index contributed by atoms with van der Waals surface area (Å²) in [6.45, 7) is 8.70. The van der Waals surface area contributed by atoms with E-state index in [1.165, 1.54) is 0 Å². The smallest absolute Gasteiger partial charge is 0.247 e. The van der Waals surface area contributed by atoms with Gasteiger partial charge in [0.05, 0.1) is 0 Å². The molecule has 1 atom stereocenters. The van der Waals surface area contributed by atoms with Crippen molar-refractivity contribution in [3.05, 3.63) is 11.8 Å². The molecule has 0 aliphatic heterocycles. The van der Waals surface area contributed by atoms with Crippen LogP contribution in [0.2, 0.25) is 0 Å². The van der Waals surface area contributed by atoms with Gasteiger partial charge in [-0.3, -0.25) is 9.59 Å². The van der Waals surface area contributed by atoms with Gasteiger partial charge in [0.2, 0.25) is 11.8 Å². The van der Waals surface area contributed by atoms with Crippen LogP contribution in [0.15, 0.2) is 10.6 Å². The first kappa shape index (κ1) is 14.2. The summed E-state index contributed by atoms with van der Waals surface area (Å²) in [6, 6.07) is 0.977. The molecular formula is C12H19N3O3. The van der Waals surface area contributed by atoms with Gasteiger partial charge in [-0.25, -0.2) is 0 Å². The van der Waals surface area contributed by atoms with Crippen LogP contribution < -0.4 is 10.6 Å². The number of amides is 2. The molecule has 18 heavy (non-hydrogen) atoms. The highest BCUT2D eigenvalue weighted by atomic mass is 16.5. The van der Waals surface area contributed by atoms with Crippen molar-refractivity contribution in [3.8, 4) is 0 Å². The van der Waals surface area contributed by atoms with E-state index in [0.717, 1.165) is 0 Å². The van der Waals surface area contributed by atoms with Gasteiger partial charge in [-0.1, -0.05) is 25.9 Å². The molecule has 1 rings (SSSR count). The maximum Gasteiger partial charge on any atom is 0.247 e. The number of hydrogen-bond donors (Lipinski definition) is 2. The van der Waals surface area contributed by atoms with Crippen LogP contribution in [-0.2, 0) is 9.59 Å². The molecule has 0 unspecified atom stereocenters. The van der Waals surface area contributed by atoms with E-state index in [2.05, 4.69) is 15.8 Å². The normalized spacial score (nSPS) is 12.9. The predicted molar refractivity (Wildman–Crippen MR) is 66.9 cm³/mol. The Kier molecular flexibility index (Phi) is 4.11. The van der Waals surface area contributed by atoms with Gasteiger partial charge in [-0.2, -0.15) is 0 Å². The van der Waals surface area contributed by atoms with Crippen molar-refractivity contribution in [2.45, 2.75) is 40.7 Å². The Labute approximate surface area is 106 Å². The Hall–Kier alpha value is -1.85. The van der Waals surface area contributed by atoms with Crippen molar-refractivity contribution in [2.75, 3.05) is 5.32 Å². The Balaban J connectivity index is 2.54. The van der Waals surface area contributed by atoms with E-state index in [-0.39, 0.29) is 11.8 Å². The molecule has 1 aromatic heterocycles. The lowest BCUT2D eigenvalue weighted by molar-refractivity contribution is -0.131. The number of aryl methyl sites for hydroxylation is 1. The van der Waals surface area contributed by atoms with Crippen LogP contribution in [-0.4, -0.2) is 23.0 Å². The minimum absolute atomic E-state index is 0.179. The summed E-state index contributed by atoms with van der Waals surface area (Å²) in [5.74, 6) is 0.438. The average molecular weight is 253 g/mol. The standard InChI is InChI=1S/C12H19N3O3/c1-7-6-9(15-18-7)14-10(16)8(2)13-11(17)12(3,4)5/h6,8H,1-5H3,(H,13,17)(H,14,15,16)/t8-/m0/s1. The average Bonchev–Trinajstić information content (AvgIpc) is 2.62. The summed E-state index contributed by atoms with van der Waals surface area (Å²) in [5.41, 5.74) is -0.529. The van der Waals surface area contributed by atoms with Gasteiger partial charge in [-0.05, 0) is 13.8 Å². The monoisotopic (exact) mass is 253 g/mol. The Morgan fingerprint density at radius 1 is 1.39 bits per heavy atom. The van der Waals surface area contributed by atoms with Crippen LogP contribution in [0, 0.1) is 12.3 Å². The van der Waals surface area contributed by atoms with Crippen LogP contribution in [0.25, 0.3) is 0 Å². The molecular weight excluding hydrogens is 234 g/mol. The van der Waals surface area contributed by atoms with Crippen LogP contribution in [0.3, 0.4) is 0 Å². The fourth-order valence-electron chi connectivity index (χ4n) is 1.14. The summed E-state index contributed by atoms with van der Waals surface area (Å²) in [7, 11) is 0. The molecule has 6 heteroatoms. The highest BCUT2D eigenvalue weighted by Crippen LogP contribution is 2.13.